The van der Waals surface area contributed by atoms with E-state index in [1.54, 1.807) is 13.0 Å². The summed E-state index contributed by atoms with van der Waals surface area (Å²) >= 11 is 0. The topological polar surface area (TPSA) is 26.0 Å². The monoisotopic (exact) mass is 239 g/mol. The highest BCUT2D eigenvalue weighted by molar-refractivity contribution is 5.85. The number of halogens is 4. The molecule has 0 aliphatic rings. The summed E-state index contributed by atoms with van der Waals surface area (Å²) in [5, 5.41) is 0. The molecule has 5 heteroatoms. The Labute approximate surface area is 92.9 Å². The Morgan fingerprint density at radius 2 is 1.93 bits per heavy atom. The second-order valence-electron chi connectivity index (χ2n) is 3.26. The van der Waals surface area contributed by atoms with Crippen LogP contribution in [0.5, 0.6) is 0 Å². The Morgan fingerprint density at radius 3 is 2.40 bits per heavy atom. The fraction of sp³-hybridized carbons (Fsp3) is 0.400. The van der Waals surface area contributed by atoms with Gasteiger partial charge in [-0.2, -0.15) is 13.2 Å². The second-order valence-corrected chi connectivity index (χ2v) is 3.26. The Kier molecular flexibility index (Phi) is 5.11. The van der Waals surface area contributed by atoms with Crippen molar-refractivity contribution in [2.24, 2.45) is 5.73 Å². The Balaban J connectivity index is 0.00000196. The van der Waals surface area contributed by atoms with Crippen LogP contribution in [0.15, 0.2) is 24.3 Å². The van der Waals surface area contributed by atoms with Crippen molar-refractivity contribution in [1.29, 1.82) is 0 Å². The summed E-state index contributed by atoms with van der Waals surface area (Å²) in [4.78, 5) is 0. The Hall–Kier alpha value is -0.740. The highest BCUT2D eigenvalue weighted by atomic mass is 35.5. The molecule has 0 bridgehead atoms. The van der Waals surface area contributed by atoms with E-state index in [1.165, 1.54) is 6.07 Å². The number of alkyl halides is 3. The van der Waals surface area contributed by atoms with Gasteiger partial charge >= 0.3 is 6.18 Å². The van der Waals surface area contributed by atoms with Gasteiger partial charge in [0.15, 0.2) is 0 Å². The maximum absolute atomic E-state index is 12.3. The van der Waals surface area contributed by atoms with Gasteiger partial charge < -0.3 is 5.73 Å². The highest BCUT2D eigenvalue weighted by Gasteiger charge is 2.30. The van der Waals surface area contributed by atoms with Crippen LogP contribution in [0.3, 0.4) is 0 Å². The van der Waals surface area contributed by atoms with E-state index in [1.807, 2.05) is 0 Å². The van der Waals surface area contributed by atoms with E-state index in [9.17, 15) is 13.2 Å². The van der Waals surface area contributed by atoms with Crippen molar-refractivity contribution in [1.82, 2.24) is 0 Å². The highest BCUT2D eigenvalue weighted by Crippen LogP contribution is 2.30. The van der Waals surface area contributed by atoms with Crippen molar-refractivity contribution >= 4 is 12.4 Å². The molecule has 0 aromatic heterocycles. The van der Waals surface area contributed by atoms with Gasteiger partial charge in [0.2, 0.25) is 0 Å². The molecule has 0 heterocycles. The molecule has 1 aromatic carbocycles. The summed E-state index contributed by atoms with van der Waals surface area (Å²) in [5.41, 5.74) is 5.39. The first-order chi connectivity index (χ1) is 6.45. The molecule has 1 nitrogen and oxygen atoms in total. The van der Waals surface area contributed by atoms with E-state index in [4.69, 9.17) is 5.73 Å². The van der Waals surface area contributed by atoms with Crippen LogP contribution < -0.4 is 5.73 Å². The molecular formula is C10H13ClF3N. The molecule has 0 aliphatic heterocycles. The Morgan fingerprint density at radius 1 is 1.33 bits per heavy atom. The normalized spacial score (nSPS) is 13.1. The Bertz CT molecular complexity index is 312. The lowest BCUT2D eigenvalue weighted by molar-refractivity contribution is -0.137. The molecule has 15 heavy (non-hydrogen) atoms. The maximum atomic E-state index is 12.3. The average Bonchev–Trinajstić information content (AvgIpc) is 2.15. The number of benzene rings is 1. The largest absolute Gasteiger partial charge is 0.416 e. The van der Waals surface area contributed by atoms with Crippen LogP contribution in [0.2, 0.25) is 0 Å². The number of hydrogen-bond acceptors (Lipinski definition) is 1. The molecule has 0 saturated carbocycles. The molecule has 0 spiro atoms. The van der Waals surface area contributed by atoms with Crippen LogP contribution in [-0.2, 0) is 6.18 Å². The molecule has 0 fully saturated rings. The molecule has 0 amide bonds. The minimum absolute atomic E-state index is 0. The van der Waals surface area contributed by atoms with E-state index in [0.717, 1.165) is 12.1 Å². The second kappa shape index (κ2) is 5.37. The quantitative estimate of drug-likeness (QED) is 0.843. The molecule has 86 valence electrons. The van der Waals surface area contributed by atoms with Gasteiger partial charge in [-0.3, -0.25) is 0 Å². The molecule has 1 atom stereocenters. The first-order valence-electron chi connectivity index (χ1n) is 4.32. The first-order valence-corrected chi connectivity index (χ1v) is 4.32. The van der Waals surface area contributed by atoms with Crippen LogP contribution in [0, 0.1) is 0 Å². The zero-order valence-corrected chi connectivity index (χ0v) is 9.03. The molecule has 2 N–H and O–H groups in total. The molecular weight excluding hydrogens is 227 g/mol. The summed E-state index contributed by atoms with van der Waals surface area (Å²) in [6, 6.07) is 5.28. The molecule has 0 saturated heterocycles. The third-order valence-corrected chi connectivity index (χ3v) is 2.14. The van der Waals surface area contributed by atoms with Crippen molar-refractivity contribution in [3.05, 3.63) is 35.4 Å². The van der Waals surface area contributed by atoms with Crippen LogP contribution in [0.25, 0.3) is 0 Å². The van der Waals surface area contributed by atoms with Gasteiger partial charge in [-0.25, -0.2) is 0 Å². The summed E-state index contributed by atoms with van der Waals surface area (Å²) in [7, 11) is 0. The third kappa shape index (κ3) is 3.72. The van der Waals surface area contributed by atoms with Gasteiger partial charge in [0.25, 0.3) is 0 Å². The summed E-state index contributed by atoms with van der Waals surface area (Å²) in [5.74, 6) is -0.0442. The van der Waals surface area contributed by atoms with Crippen LogP contribution in [-0.4, -0.2) is 6.54 Å². The third-order valence-electron chi connectivity index (χ3n) is 2.14. The van der Waals surface area contributed by atoms with Crippen molar-refractivity contribution in [3.8, 4) is 0 Å². The zero-order chi connectivity index (χ0) is 10.8. The van der Waals surface area contributed by atoms with Crippen molar-refractivity contribution in [3.63, 3.8) is 0 Å². The number of hydrogen-bond donors (Lipinski definition) is 1. The molecule has 0 aliphatic carbocycles. The molecule has 1 unspecified atom stereocenters. The van der Waals surface area contributed by atoms with E-state index >= 15 is 0 Å². The van der Waals surface area contributed by atoms with E-state index < -0.39 is 11.7 Å². The summed E-state index contributed by atoms with van der Waals surface area (Å²) in [6.07, 6.45) is -4.27. The lowest BCUT2D eigenvalue weighted by Crippen LogP contribution is -2.11. The van der Waals surface area contributed by atoms with Crippen molar-refractivity contribution in [2.45, 2.75) is 19.0 Å². The van der Waals surface area contributed by atoms with Crippen molar-refractivity contribution in [2.75, 3.05) is 6.54 Å². The predicted octanol–water partition coefficient (Wildman–Crippen LogP) is 3.19. The van der Waals surface area contributed by atoms with Crippen LogP contribution >= 0.6 is 12.4 Å². The molecule has 0 radical (unpaired) electrons. The molecule has 1 aromatic rings. The van der Waals surface area contributed by atoms with Gasteiger partial charge in [-0.1, -0.05) is 25.1 Å². The number of nitrogens with two attached hydrogens (primary N) is 1. The van der Waals surface area contributed by atoms with E-state index in [-0.39, 0.29) is 18.3 Å². The van der Waals surface area contributed by atoms with E-state index in [2.05, 4.69) is 0 Å². The standard InChI is InChI=1S/C10H12F3N.ClH/c1-7(6-14)8-3-2-4-9(5-8)10(11,12)13;/h2-5,7H,6,14H2,1H3;1H. The van der Waals surface area contributed by atoms with E-state index in [0.29, 0.717) is 12.1 Å². The summed E-state index contributed by atoms with van der Waals surface area (Å²) < 4.78 is 36.9. The lowest BCUT2D eigenvalue weighted by atomic mass is 9.99. The minimum Gasteiger partial charge on any atom is -0.330 e. The lowest BCUT2D eigenvalue weighted by Gasteiger charge is -2.12. The van der Waals surface area contributed by atoms with Gasteiger partial charge in [0.05, 0.1) is 5.56 Å². The number of rotatable bonds is 2. The molecule has 1 rings (SSSR count). The van der Waals surface area contributed by atoms with Gasteiger partial charge in [0, 0.05) is 0 Å². The van der Waals surface area contributed by atoms with Crippen LogP contribution in [0.4, 0.5) is 13.2 Å². The predicted molar refractivity (Wildman–Crippen MR) is 56.2 cm³/mol. The van der Waals surface area contributed by atoms with Gasteiger partial charge in [0.1, 0.15) is 0 Å². The van der Waals surface area contributed by atoms with Crippen molar-refractivity contribution < 1.29 is 13.2 Å². The van der Waals surface area contributed by atoms with Crippen LogP contribution in [0.1, 0.15) is 24.0 Å². The van der Waals surface area contributed by atoms with Gasteiger partial charge in [-0.05, 0) is 24.1 Å². The smallest absolute Gasteiger partial charge is 0.330 e. The zero-order valence-electron chi connectivity index (χ0n) is 8.21. The average molecular weight is 240 g/mol. The fourth-order valence-electron chi connectivity index (χ4n) is 1.16. The van der Waals surface area contributed by atoms with Gasteiger partial charge in [-0.15, -0.1) is 12.4 Å². The first kappa shape index (κ1) is 14.3. The minimum atomic E-state index is -4.27. The SMILES string of the molecule is CC(CN)c1cccc(C(F)(F)F)c1.Cl. The fourth-order valence-corrected chi connectivity index (χ4v) is 1.16. The summed E-state index contributed by atoms with van der Waals surface area (Å²) in [6.45, 7) is 2.15. The maximum Gasteiger partial charge on any atom is 0.416 e.